The lowest BCUT2D eigenvalue weighted by atomic mass is 10.0. The van der Waals surface area contributed by atoms with E-state index >= 15 is 0 Å². The molecule has 0 bridgehead atoms. The van der Waals surface area contributed by atoms with Crippen LogP contribution in [0.4, 0.5) is 5.69 Å². The molecule has 1 aromatic heterocycles. The molecule has 17 heavy (non-hydrogen) atoms. The minimum atomic E-state index is 0.537. The van der Waals surface area contributed by atoms with Gasteiger partial charge < -0.3 is 10.5 Å². The number of nitrogens with two attached hydrogens (primary N) is 1. The van der Waals surface area contributed by atoms with E-state index < -0.39 is 0 Å². The number of ether oxygens (including phenoxy) is 1. The van der Waals surface area contributed by atoms with Crippen LogP contribution < -0.4 is 5.73 Å². The number of hydrogen-bond donors (Lipinski definition) is 1. The molecule has 1 aromatic carbocycles. The minimum absolute atomic E-state index is 0.537. The first kappa shape index (κ1) is 10.5. The molecule has 1 aliphatic heterocycles. The highest BCUT2D eigenvalue weighted by Crippen LogP contribution is 2.19. The zero-order valence-corrected chi connectivity index (χ0v) is 9.67. The van der Waals surface area contributed by atoms with Gasteiger partial charge in [-0.2, -0.15) is 0 Å². The quantitative estimate of drug-likeness (QED) is 0.796. The summed E-state index contributed by atoms with van der Waals surface area (Å²) >= 11 is 0. The van der Waals surface area contributed by atoms with Crippen molar-refractivity contribution >= 4 is 16.7 Å². The van der Waals surface area contributed by atoms with Gasteiger partial charge >= 0.3 is 0 Å². The second-order valence-electron chi connectivity index (χ2n) is 4.60. The van der Waals surface area contributed by atoms with E-state index in [9.17, 15) is 0 Å². The van der Waals surface area contributed by atoms with Gasteiger partial charge in [-0.1, -0.05) is 5.21 Å². The SMILES string of the molecule is Nc1ccc2nnn(CC3CCCOC3)c2c1. The Balaban J connectivity index is 1.86. The van der Waals surface area contributed by atoms with Crippen LogP contribution in [0.15, 0.2) is 18.2 Å². The maximum Gasteiger partial charge on any atom is 0.113 e. The van der Waals surface area contributed by atoms with Crippen LogP contribution in [0.3, 0.4) is 0 Å². The van der Waals surface area contributed by atoms with Crippen molar-refractivity contribution in [1.82, 2.24) is 15.0 Å². The zero-order valence-electron chi connectivity index (χ0n) is 9.67. The Morgan fingerprint density at radius 2 is 2.41 bits per heavy atom. The van der Waals surface area contributed by atoms with E-state index in [1.165, 1.54) is 6.42 Å². The van der Waals surface area contributed by atoms with Crippen LogP contribution in [-0.2, 0) is 11.3 Å². The summed E-state index contributed by atoms with van der Waals surface area (Å²) in [5.74, 6) is 0.537. The Morgan fingerprint density at radius 1 is 1.47 bits per heavy atom. The monoisotopic (exact) mass is 232 g/mol. The second kappa shape index (κ2) is 4.33. The molecule has 2 N–H and O–H groups in total. The van der Waals surface area contributed by atoms with Gasteiger partial charge in [0.05, 0.1) is 12.1 Å². The number of aromatic nitrogens is 3. The zero-order chi connectivity index (χ0) is 11.7. The van der Waals surface area contributed by atoms with Gasteiger partial charge in [0.1, 0.15) is 5.52 Å². The molecule has 1 saturated heterocycles. The summed E-state index contributed by atoms with van der Waals surface area (Å²) in [5, 5.41) is 8.33. The Kier molecular flexibility index (Phi) is 2.68. The van der Waals surface area contributed by atoms with E-state index in [1.807, 2.05) is 22.9 Å². The maximum atomic E-state index is 5.79. The van der Waals surface area contributed by atoms with E-state index in [1.54, 1.807) is 0 Å². The van der Waals surface area contributed by atoms with Crippen molar-refractivity contribution < 1.29 is 4.74 Å². The number of nitrogen functional groups attached to an aromatic ring is 1. The van der Waals surface area contributed by atoms with Gasteiger partial charge in [0.2, 0.25) is 0 Å². The molecule has 3 rings (SSSR count). The van der Waals surface area contributed by atoms with Gasteiger partial charge in [0.15, 0.2) is 0 Å². The van der Waals surface area contributed by atoms with Crippen LogP contribution in [0.25, 0.3) is 11.0 Å². The van der Waals surface area contributed by atoms with E-state index in [0.29, 0.717) is 5.92 Å². The smallest absolute Gasteiger partial charge is 0.113 e. The molecule has 1 unspecified atom stereocenters. The van der Waals surface area contributed by atoms with Crippen LogP contribution in [-0.4, -0.2) is 28.2 Å². The maximum absolute atomic E-state index is 5.79. The molecule has 0 saturated carbocycles. The Hall–Kier alpha value is -1.62. The summed E-state index contributed by atoms with van der Waals surface area (Å²) in [6.45, 7) is 2.57. The fourth-order valence-corrected chi connectivity index (χ4v) is 2.31. The van der Waals surface area contributed by atoms with Gasteiger partial charge in [-0.05, 0) is 31.0 Å². The average Bonchev–Trinajstić information content (AvgIpc) is 2.73. The number of anilines is 1. The Bertz CT molecular complexity index is 516. The summed E-state index contributed by atoms with van der Waals surface area (Å²) in [5.41, 5.74) is 8.45. The minimum Gasteiger partial charge on any atom is -0.399 e. The summed E-state index contributed by atoms with van der Waals surface area (Å²) in [6, 6.07) is 5.69. The molecule has 2 aromatic rings. The first-order valence-corrected chi connectivity index (χ1v) is 5.99. The third-order valence-electron chi connectivity index (χ3n) is 3.22. The summed E-state index contributed by atoms with van der Waals surface area (Å²) < 4.78 is 7.42. The van der Waals surface area contributed by atoms with Gasteiger partial charge in [0, 0.05) is 24.8 Å². The first-order chi connectivity index (χ1) is 8.33. The molecule has 2 heterocycles. The lowest BCUT2D eigenvalue weighted by Gasteiger charge is -2.21. The number of benzene rings is 1. The molecule has 0 radical (unpaired) electrons. The van der Waals surface area contributed by atoms with Crippen molar-refractivity contribution in [1.29, 1.82) is 0 Å². The predicted octanol–water partition coefficient (Wildman–Crippen LogP) is 1.44. The number of fused-ring (bicyclic) bond motifs is 1. The number of rotatable bonds is 2. The largest absolute Gasteiger partial charge is 0.399 e. The van der Waals surface area contributed by atoms with Gasteiger partial charge in [-0.25, -0.2) is 4.68 Å². The molecule has 0 aliphatic carbocycles. The highest BCUT2D eigenvalue weighted by Gasteiger charge is 2.16. The van der Waals surface area contributed by atoms with Crippen LogP contribution in [0.1, 0.15) is 12.8 Å². The van der Waals surface area contributed by atoms with E-state index in [-0.39, 0.29) is 0 Å². The molecule has 0 amide bonds. The highest BCUT2D eigenvalue weighted by atomic mass is 16.5. The van der Waals surface area contributed by atoms with Crippen molar-refractivity contribution in [2.24, 2.45) is 5.92 Å². The normalized spacial score (nSPS) is 20.8. The van der Waals surface area contributed by atoms with Crippen molar-refractivity contribution in [2.45, 2.75) is 19.4 Å². The van der Waals surface area contributed by atoms with Crippen LogP contribution in [0, 0.1) is 5.92 Å². The molecular formula is C12H16N4O. The van der Waals surface area contributed by atoms with Gasteiger partial charge in [-0.3, -0.25) is 0 Å². The average molecular weight is 232 g/mol. The van der Waals surface area contributed by atoms with E-state index in [0.717, 1.165) is 42.9 Å². The molecule has 1 fully saturated rings. The first-order valence-electron chi connectivity index (χ1n) is 5.99. The van der Waals surface area contributed by atoms with Crippen molar-refractivity contribution in [3.05, 3.63) is 18.2 Å². The molecule has 5 heteroatoms. The van der Waals surface area contributed by atoms with Crippen LogP contribution >= 0.6 is 0 Å². The lowest BCUT2D eigenvalue weighted by Crippen LogP contribution is -2.22. The molecular weight excluding hydrogens is 216 g/mol. The Morgan fingerprint density at radius 3 is 3.24 bits per heavy atom. The standard InChI is InChI=1S/C12H16N4O/c13-10-3-4-11-12(6-10)16(15-14-11)7-9-2-1-5-17-8-9/h3-4,6,9H,1-2,5,7-8,13H2. The van der Waals surface area contributed by atoms with Crippen molar-refractivity contribution in [3.63, 3.8) is 0 Å². The topological polar surface area (TPSA) is 66.0 Å². The fourth-order valence-electron chi connectivity index (χ4n) is 2.31. The predicted molar refractivity (Wildman–Crippen MR) is 65.5 cm³/mol. The van der Waals surface area contributed by atoms with E-state index in [2.05, 4.69) is 10.3 Å². The Labute approximate surface area is 99.5 Å². The lowest BCUT2D eigenvalue weighted by molar-refractivity contribution is 0.0473. The summed E-state index contributed by atoms with van der Waals surface area (Å²) in [4.78, 5) is 0. The number of nitrogens with zero attached hydrogens (tertiary/aromatic N) is 3. The third-order valence-corrected chi connectivity index (χ3v) is 3.22. The molecule has 1 atom stereocenters. The van der Waals surface area contributed by atoms with E-state index in [4.69, 9.17) is 10.5 Å². The highest BCUT2D eigenvalue weighted by molar-refractivity contribution is 5.77. The van der Waals surface area contributed by atoms with Gasteiger partial charge in [-0.15, -0.1) is 5.10 Å². The van der Waals surface area contributed by atoms with Crippen LogP contribution in [0.2, 0.25) is 0 Å². The van der Waals surface area contributed by atoms with Gasteiger partial charge in [0.25, 0.3) is 0 Å². The molecule has 1 aliphatic rings. The molecule has 90 valence electrons. The van der Waals surface area contributed by atoms with Crippen molar-refractivity contribution in [2.75, 3.05) is 18.9 Å². The molecule has 5 nitrogen and oxygen atoms in total. The van der Waals surface area contributed by atoms with Crippen LogP contribution in [0.5, 0.6) is 0 Å². The fraction of sp³-hybridized carbons (Fsp3) is 0.500. The molecule has 0 spiro atoms. The second-order valence-corrected chi connectivity index (χ2v) is 4.60. The summed E-state index contributed by atoms with van der Waals surface area (Å²) in [7, 11) is 0. The third kappa shape index (κ3) is 2.10. The number of hydrogen-bond acceptors (Lipinski definition) is 4. The van der Waals surface area contributed by atoms with Crippen molar-refractivity contribution in [3.8, 4) is 0 Å². The summed E-state index contributed by atoms with van der Waals surface area (Å²) in [6.07, 6.45) is 2.34.